The van der Waals surface area contributed by atoms with E-state index in [4.69, 9.17) is 0 Å². The number of hydrazone groups is 1. The van der Waals surface area contributed by atoms with E-state index in [0.29, 0.717) is 12.0 Å². The molecule has 2 aromatic carbocycles. The van der Waals surface area contributed by atoms with Gasteiger partial charge in [-0.25, -0.2) is 5.43 Å². The smallest absolute Gasteiger partial charge is 0.267 e. The third-order valence-electron chi connectivity index (χ3n) is 5.75. The first-order valence-corrected chi connectivity index (χ1v) is 8.81. The zero-order valence-electron chi connectivity index (χ0n) is 14.0. The SMILES string of the molecule is O=C(N/N=C\[C@H]1C[C@@H]2C[C@H]1[C@H](C(F)(F)F)C2)c1cccc2ccccc12. The molecule has 2 fully saturated rings. The van der Waals surface area contributed by atoms with Crippen LogP contribution in [0.3, 0.4) is 0 Å². The lowest BCUT2D eigenvalue weighted by atomic mass is 9.81. The number of alkyl halides is 3. The lowest BCUT2D eigenvalue weighted by molar-refractivity contribution is -0.189. The van der Waals surface area contributed by atoms with Crippen LogP contribution in [-0.2, 0) is 0 Å². The second-order valence-electron chi connectivity index (χ2n) is 7.29. The monoisotopic (exact) mass is 360 g/mol. The van der Waals surface area contributed by atoms with Crippen molar-refractivity contribution < 1.29 is 18.0 Å². The first-order valence-electron chi connectivity index (χ1n) is 8.81. The first kappa shape index (κ1) is 17.1. The van der Waals surface area contributed by atoms with E-state index in [-0.39, 0.29) is 24.2 Å². The molecule has 2 bridgehead atoms. The number of amides is 1. The van der Waals surface area contributed by atoms with Crippen LogP contribution in [0.15, 0.2) is 47.6 Å². The van der Waals surface area contributed by atoms with Crippen molar-refractivity contribution in [2.45, 2.75) is 25.4 Å². The van der Waals surface area contributed by atoms with Crippen LogP contribution in [0.2, 0.25) is 0 Å². The number of hydrogen-bond acceptors (Lipinski definition) is 2. The van der Waals surface area contributed by atoms with Crippen molar-refractivity contribution >= 4 is 22.9 Å². The summed E-state index contributed by atoms with van der Waals surface area (Å²) in [5, 5.41) is 5.75. The summed E-state index contributed by atoms with van der Waals surface area (Å²) in [6, 6.07) is 13.0. The van der Waals surface area contributed by atoms with Crippen molar-refractivity contribution in [3.63, 3.8) is 0 Å². The molecule has 0 aromatic heterocycles. The number of rotatable bonds is 3. The highest BCUT2D eigenvalue weighted by molar-refractivity contribution is 6.07. The van der Waals surface area contributed by atoms with Gasteiger partial charge >= 0.3 is 6.18 Å². The molecule has 26 heavy (non-hydrogen) atoms. The summed E-state index contributed by atoms with van der Waals surface area (Å²) in [4.78, 5) is 12.4. The molecule has 136 valence electrons. The molecular weight excluding hydrogens is 341 g/mol. The Hall–Kier alpha value is -2.37. The molecule has 0 spiro atoms. The minimum absolute atomic E-state index is 0.122. The Kier molecular flexibility index (Phi) is 4.21. The predicted octanol–water partition coefficient (Wildman–Crippen LogP) is 4.78. The summed E-state index contributed by atoms with van der Waals surface area (Å²) >= 11 is 0. The predicted molar refractivity (Wildman–Crippen MR) is 93.8 cm³/mol. The lowest BCUT2D eigenvalue weighted by Crippen LogP contribution is -2.33. The van der Waals surface area contributed by atoms with E-state index < -0.39 is 18.0 Å². The molecule has 2 aliphatic carbocycles. The number of hydrogen-bond donors (Lipinski definition) is 1. The van der Waals surface area contributed by atoms with Gasteiger partial charge in [0.25, 0.3) is 5.91 Å². The van der Waals surface area contributed by atoms with E-state index in [1.807, 2.05) is 30.3 Å². The Bertz CT molecular complexity index is 856. The number of benzene rings is 2. The molecular formula is C20H19F3N2O. The maximum atomic E-state index is 13.1. The summed E-state index contributed by atoms with van der Waals surface area (Å²) in [5.41, 5.74) is 2.98. The zero-order valence-corrected chi connectivity index (χ0v) is 14.0. The molecule has 0 heterocycles. The topological polar surface area (TPSA) is 41.5 Å². The van der Waals surface area contributed by atoms with Gasteiger partial charge in [-0.2, -0.15) is 18.3 Å². The van der Waals surface area contributed by atoms with Gasteiger partial charge < -0.3 is 0 Å². The van der Waals surface area contributed by atoms with Crippen molar-refractivity contribution in [3.8, 4) is 0 Å². The summed E-state index contributed by atoms with van der Waals surface area (Å²) in [6.07, 6.45) is -1.06. The average Bonchev–Trinajstić information content (AvgIpc) is 3.21. The van der Waals surface area contributed by atoms with Gasteiger partial charge in [-0.1, -0.05) is 36.4 Å². The van der Waals surface area contributed by atoms with Gasteiger partial charge in [0.2, 0.25) is 0 Å². The minimum atomic E-state index is -4.14. The van der Waals surface area contributed by atoms with Gasteiger partial charge in [0, 0.05) is 11.8 Å². The molecule has 0 unspecified atom stereocenters. The standard InChI is InChI=1S/C20H19F3N2O/c21-20(22,23)18-10-12-8-14(17(18)9-12)11-24-25-19(26)16-7-3-5-13-4-1-2-6-15(13)16/h1-7,11-12,14,17-18H,8-10H2,(H,25,26)/b24-11-/t12-,14-,17-,18-/m1/s1. The first-order chi connectivity index (χ1) is 12.4. The molecule has 6 heteroatoms. The number of nitrogens with zero attached hydrogens (tertiary/aromatic N) is 1. The molecule has 2 aromatic rings. The van der Waals surface area contributed by atoms with Crippen molar-refractivity contribution in [1.82, 2.24) is 5.43 Å². The zero-order chi connectivity index (χ0) is 18.3. The van der Waals surface area contributed by atoms with Gasteiger partial charge in [-0.15, -0.1) is 0 Å². The molecule has 1 N–H and O–H groups in total. The maximum absolute atomic E-state index is 13.1. The number of carbonyl (C=O) groups is 1. The van der Waals surface area contributed by atoms with E-state index in [0.717, 1.165) is 17.2 Å². The van der Waals surface area contributed by atoms with E-state index >= 15 is 0 Å². The molecule has 0 radical (unpaired) electrons. The van der Waals surface area contributed by atoms with Crippen molar-refractivity contribution in [2.75, 3.05) is 0 Å². The number of nitrogens with one attached hydrogen (secondary N) is 1. The second kappa shape index (κ2) is 6.41. The Morgan fingerprint density at radius 2 is 1.85 bits per heavy atom. The van der Waals surface area contributed by atoms with Crippen LogP contribution in [0.25, 0.3) is 10.8 Å². The highest BCUT2D eigenvalue weighted by atomic mass is 19.4. The summed E-state index contributed by atoms with van der Waals surface area (Å²) in [6.45, 7) is 0. The van der Waals surface area contributed by atoms with E-state index in [1.165, 1.54) is 6.21 Å². The lowest BCUT2D eigenvalue weighted by Gasteiger charge is -2.28. The molecule has 2 aliphatic rings. The molecule has 0 aliphatic heterocycles. The third-order valence-corrected chi connectivity index (χ3v) is 5.75. The molecule has 3 nitrogen and oxygen atoms in total. The van der Waals surface area contributed by atoms with Gasteiger partial charge in [-0.3, -0.25) is 4.79 Å². The van der Waals surface area contributed by atoms with Crippen LogP contribution in [0, 0.1) is 23.7 Å². The third kappa shape index (κ3) is 3.08. The fourth-order valence-corrected chi connectivity index (χ4v) is 4.63. The van der Waals surface area contributed by atoms with E-state index in [1.54, 1.807) is 12.1 Å². The molecule has 4 atom stereocenters. The molecule has 1 amide bonds. The van der Waals surface area contributed by atoms with Crippen molar-refractivity contribution in [3.05, 3.63) is 48.0 Å². The maximum Gasteiger partial charge on any atom is 0.392 e. The number of fused-ring (bicyclic) bond motifs is 3. The van der Waals surface area contributed by atoms with Gasteiger partial charge in [-0.05, 0) is 53.9 Å². The van der Waals surface area contributed by atoms with Crippen LogP contribution < -0.4 is 5.43 Å². The Balaban J connectivity index is 1.45. The van der Waals surface area contributed by atoms with E-state index in [2.05, 4.69) is 10.5 Å². The van der Waals surface area contributed by atoms with Crippen molar-refractivity contribution in [1.29, 1.82) is 0 Å². The van der Waals surface area contributed by atoms with Crippen LogP contribution in [-0.4, -0.2) is 18.3 Å². The molecule has 2 saturated carbocycles. The normalized spacial score (nSPS) is 28.1. The van der Waals surface area contributed by atoms with Gasteiger partial charge in [0.05, 0.1) is 5.92 Å². The minimum Gasteiger partial charge on any atom is -0.267 e. The summed E-state index contributed by atoms with van der Waals surface area (Å²) < 4.78 is 39.3. The second-order valence-corrected chi connectivity index (χ2v) is 7.29. The highest BCUT2D eigenvalue weighted by Gasteiger charge is 2.56. The highest BCUT2D eigenvalue weighted by Crippen LogP contribution is 2.56. The van der Waals surface area contributed by atoms with Crippen LogP contribution in [0.4, 0.5) is 13.2 Å². The quantitative estimate of drug-likeness (QED) is 0.621. The van der Waals surface area contributed by atoms with Crippen molar-refractivity contribution in [2.24, 2.45) is 28.8 Å². The average molecular weight is 360 g/mol. The fourth-order valence-electron chi connectivity index (χ4n) is 4.63. The van der Waals surface area contributed by atoms with E-state index in [9.17, 15) is 18.0 Å². The van der Waals surface area contributed by atoms with Gasteiger partial charge in [0.15, 0.2) is 0 Å². The number of halogens is 3. The summed E-state index contributed by atoms with van der Waals surface area (Å²) in [5.74, 6) is -2.08. The van der Waals surface area contributed by atoms with Crippen LogP contribution in [0.5, 0.6) is 0 Å². The fraction of sp³-hybridized carbons (Fsp3) is 0.400. The summed E-state index contributed by atoms with van der Waals surface area (Å²) in [7, 11) is 0. The number of carbonyl (C=O) groups excluding carboxylic acids is 1. The van der Waals surface area contributed by atoms with Crippen LogP contribution in [0.1, 0.15) is 29.6 Å². The Morgan fingerprint density at radius 3 is 2.62 bits per heavy atom. The largest absolute Gasteiger partial charge is 0.392 e. The molecule has 4 rings (SSSR count). The van der Waals surface area contributed by atoms with Crippen LogP contribution >= 0.6 is 0 Å². The van der Waals surface area contributed by atoms with Gasteiger partial charge in [0.1, 0.15) is 0 Å². The Labute approximate surface area is 149 Å². The molecule has 0 saturated heterocycles. The Morgan fingerprint density at radius 1 is 1.08 bits per heavy atom.